The van der Waals surface area contributed by atoms with Crippen molar-refractivity contribution in [3.8, 4) is 11.8 Å². The highest BCUT2D eigenvalue weighted by atomic mass is 16.5. The normalized spacial score (nSPS) is 14.9. The Hall–Kier alpha value is -4.55. The molecule has 186 valence electrons. The SMILES string of the molecule is Cc1ccccc1C(C)OCNc1c(C#Cc2nc3nc(C4(C(=O)O)CC4)oc3o2)oc2ccccc12. The molecule has 0 amide bonds. The number of oxazole rings is 2. The van der Waals surface area contributed by atoms with E-state index >= 15 is 0 Å². The van der Waals surface area contributed by atoms with Crippen molar-refractivity contribution in [1.82, 2.24) is 9.97 Å². The number of aryl methyl sites for hydroxylation is 1. The van der Waals surface area contributed by atoms with Gasteiger partial charge in [0.2, 0.25) is 17.3 Å². The zero-order valence-electron chi connectivity index (χ0n) is 20.2. The van der Waals surface area contributed by atoms with E-state index in [0.717, 1.165) is 10.9 Å². The van der Waals surface area contributed by atoms with Crippen LogP contribution >= 0.6 is 0 Å². The van der Waals surface area contributed by atoms with Crippen LogP contribution in [0.3, 0.4) is 0 Å². The van der Waals surface area contributed by atoms with Crippen molar-refractivity contribution in [1.29, 1.82) is 0 Å². The van der Waals surface area contributed by atoms with Gasteiger partial charge >= 0.3 is 11.7 Å². The second-order valence-electron chi connectivity index (χ2n) is 9.08. The Morgan fingerprint density at radius 3 is 2.65 bits per heavy atom. The third-order valence-electron chi connectivity index (χ3n) is 6.63. The van der Waals surface area contributed by atoms with Crippen LogP contribution in [0.4, 0.5) is 5.69 Å². The number of carboxylic acid groups (broad SMARTS) is 1. The number of fused-ring (bicyclic) bond motifs is 2. The molecule has 0 bridgehead atoms. The van der Waals surface area contributed by atoms with E-state index in [1.165, 1.54) is 5.56 Å². The second-order valence-corrected chi connectivity index (χ2v) is 9.08. The molecule has 3 heterocycles. The molecule has 5 aromatic rings. The summed E-state index contributed by atoms with van der Waals surface area (Å²) in [5.41, 5.74) is 2.80. The maximum atomic E-state index is 11.5. The molecule has 0 saturated heterocycles. The summed E-state index contributed by atoms with van der Waals surface area (Å²) in [6, 6.07) is 15.7. The van der Waals surface area contributed by atoms with Crippen LogP contribution in [0, 0.1) is 18.8 Å². The Bertz CT molecular complexity index is 1660. The van der Waals surface area contributed by atoms with Gasteiger partial charge in [0, 0.05) is 11.3 Å². The Balaban J connectivity index is 1.23. The summed E-state index contributed by atoms with van der Waals surface area (Å²) >= 11 is 0. The van der Waals surface area contributed by atoms with Gasteiger partial charge in [-0.05, 0) is 55.9 Å². The topological polar surface area (TPSA) is 124 Å². The van der Waals surface area contributed by atoms with Crippen LogP contribution in [0.2, 0.25) is 0 Å². The van der Waals surface area contributed by atoms with E-state index in [1.54, 1.807) is 0 Å². The van der Waals surface area contributed by atoms with Crippen LogP contribution in [-0.4, -0.2) is 27.8 Å². The van der Waals surface area contributed by atoms with Crippen molar-refractivity contribution in [2.75, 3.05) is 12.0 Å². The molecule has 0 radical (unpaired) electrons. The van der Waals surface area contributed by atoms with Gasteiger partial charge in [-0.15, -0.1) is 0 Å². The highest BCUT2D eigenvalue weighted by Gasteiger charge is 2.56. The van der Waals surface area contributed by atoms with E-state index in [4.69, 9.17) is 18.0 Å². The van der Waals surface area contributed by atoms with E-state index in [-0.39, 0.29) is 36.0 Å². The van der Waals surface area contributed by atoms with Crippen molar-refractivity contribution in [2.24, 2.45) is 0 Å². The number of nitrogens with zero attached hydrogens (tertiary/aromatic N) is 2. The smallest absolute Gasteiger partial charge is 0.340 e. The minimum atomic E-state index is -1.07. The molecule has 9 heteroatoms. The summed E-state index contributed by atoms with van der Waals surface area (Å²) in [6.45, 7) is 4.32. The molecule has 6 rings (SSSR count). The van der Waals surface area contributed by atoms with E-state index in [2.05, 4.69) is 46.2 Å². The van der Waals surface area contributed by atoms with Crippen LogP contribution in [-0.2, 0) is 14.9 Å². The lowest BCUT2D eigenvalue weighted by molar-refractivity contribution is -0.140. The van der Waals surface area contributed by atoms with Crippen molar-refractivity contribution in [2.45, 2.75) is 38.2 Å². The van der Waals surface area contributed by atoms with Crippen LogP contribution in [0.15, 0.2) is 61.8 Å². The van der Waals surface area contributed by atoms with E-state index in [1.807, 2.05) is 43.3 Å². The minimum Gasteiger partial charge on any atom is -0.480 e. The number of benzene rings is 2. The van der Waals surface area contributed by atoms with Gasteiger partial charge < -0.3 is 28.4 Å². The minimum absolute atomic E-state index is 0.0494. The van der Waals surface area contributed by atoms with Crippen molar-refractivity contribution >= 4 is 34.1 Å². The molecule has 1 fully saturated rings. The quantitative estimate of drug-likeness (QED) is 0.220. The molecule has 1 aliphatic rings. The first kappa shape index (κ1) is 22.9. The predicted molar refractivity (Wildman–Crippen MR) is 134 cm³/mol. The van der Waals surface area contributed by atoms with Gasteiger partial charge in [0.1, 0.15) is 17.7 Å². The van der Waals surface area contributed by atoms with Crippen molar-refractivity contribution in [3.05, 3.63) is 77.2 Å². The molecule has 2 aromatic carbocycles. The molecule has 2 N–H and O–H groups in total. The highest BCUT2D eigenvalue weighted by molar-refractivity contribution is 5.93. The monoisotopic (exact) mass is 497 g/mol. The number of nitrogens with one attached hydrogen (secondary N) is 1. The molecule has 3 aromatic heterocycles. The third-order valence-corrected chi connectivity index (χ3v) is 6.63. The first-order valence-corrected chi connectivity index (χ1v) is 11.9. The van der Waals surface area contributed by atoms with E-state index in [0.29, 0.717) is 29.9 Å². The van der Waals surface area contributed by atoms with Crippen molar-refractivity contribution < 1.29 is 27.9 Å². The zero-order valence-corrected chi connectivity index (χ0v) is 20.2. The van der Waals surface area contributed by atoms with Gasteiger partial charge in [0.05, 0.1) is 11.8 Å². The molecule has 37 heavy (non-hydrogen) atoms. The first-order chi connectivity index (χ1) is 17.9. The number of aliphatic carboxylic acids is 1. The molecule has 1 saturated carbocycles. The molecule has 1 atom stereocenters. The van der Waals surface area contributed by atoms with Gasteiger partial charge in [-0.2, -0.15) is 9.97 Å². The maximum Gasteiger partial charge on any atom is 0.340 e. The van der Waals surface area contributed by atoms with Gasteiger partial charge in [0.25, 0.3) is 5.89 Å². The molecule has 9 nitrogen and oxygen atoms in total. The Kier molecular flexibility index (Phi) is 5.46. The molecule has 1 unspecified atom stereocenters. The van der Waals surface area contributed by atoms with Crippen LogP contribution in [0.1, 0.15) is 54.5 Å². The summed E-state index contributed by atoms with van der Waals surface area (Å²) in [6.07, 6.45) is 0.860. The number of aromatic nitrogens is 2. The van der Waals surface area contributed by atoms with Crippen LogP contribution in [0.5, 0.6) is 0 Å². The lowest BCUT2D eigenvalue weighted by atomic mass is 10.1. The summed E-state index contributed by atoms with van der Waals surface area (Å²) in [7, 11) is 0. The molecular weight excluding hydrogens is 474 g/mol. The average Bonchev–Trinajstić information content (AvgIpc) is 3.31. The lowest BCUT2D eigenvalue weighted by Gasteiger charge is -2.16. The largest absolute Gasteiger partial charge is 0.480 e. The number of carbonyl (C=O) groups is 1. The van der Waals surface area contributed by atoms with Gasteiger partial charge in [-0.3, -0.25) is 4.79 Å². The van der Waals surface area contributed by atoms with Gasteiger partial charge in [-0.25, -0.2) is 0 Å². The molecule has 1 aliphatic carbocycles. The summed E-state index contributed by atoms with van der Waals surface area (Å²) in [5, 5.41) is 13.6. The van der Waals surface area contributed by atoms with Gasteiger partial charge in [0.15, 0.2) is 0 Å². The predicted octanol–water partition coefficient (Wildman–Crippen LogP) is 5.53. The Labute approximate surface area is 211 Å². The van der Waals surface area contributed by atoms with Crippen molar-refractivity contribution in [3.63, 3.8) is 0 Å². The summed E-state index contributed by atoms with van der Waals surface area (Å²) < 4.78 is 23.1. The van der Waals surface area contributed by atoms with E-state index < -0.39 is 11.4 Å². The fourth-order valence-corrected chi connectivity index (χ4v) is 4.34. The maximum absolute atomic E-state index is 11.5. The molecular formula is C28H23N3O6. The summed E-state index contributed by atoms with van der Waals surface area (Å²) in [4.78, 5) is 20.0. The second kappa shape index (κ2) is 8.84. The van der Waals surface area contributed by atoms with Gasteiger partial charge in [-0.1, -0.05) is 36.4 Å². The number of rotatable bonds is 7. The number of para-hydroxylation sites is 1. The number of carboxylic acids is 1. The van der Waals surface area contributed by atoms with Crippen LogP contribution < -0.4 is 5.32 Å². The number of anilines is 1. The fraction of sp³-hybridized carbons (Fsp3) is 0.250. The number of hydrogen-bond donors (Lipinski definition) is 2. The lowest BCUT2D eigenvalue weighted by Crippen LogP contribution is -2.19. The Morgan fingerprint density at radius 1 is 1.11 bits per heavy atom. The third kappa shape index (κ3) is 4.11. The fourth-order valence-electron chi connectivity index (χ4n) is 4.34. The average molecular weight is 498 g/mol. The van der Waals surface area contributed by atoms with Crippen LogP contribution in [0.25, 0.3) is 22.4 Å². The number of furan rings is 1. The number of ether oxygens (including phenoxy) is 1. The highest BCUT2D eigenvalue weighted by Crippen LogP contribution is 2.48. The Morgan fingerprint density at radius 2 is 1.89 bits per heavy atom. The number of hydrogen-bond acceptors (Lipinski definition) is 8. The molecule has 0 spiro atoms. The molecule has 0 aliphatic heterocycles. The van der Waals surface area contributed by atoms with E-state index in [9.17, 15) is 9.90 Å². The summed E-state index contributed by atoms with van der Waals surface area (Å²) in [5.74, 6) is 5.51. The first-order valence-electron chi connectivity index (χ1n) is 11.9. The zero-order chi connectivity index (χ0) is 25.6. The standard InChI is InChI=1S/C28H23N3O6/c1-16-7-3-4-8-18(16)17(2)34-15-29-23-19-9-5-6-10-20(19)35-21(23)11-12-22-30-24-25(36-22)37-26(31-24)28(13-14-28)27(32)33/h3-10,17,29H,13-15H2,1-2H3,(H,32,33).